The molecule has 6 heteroatoms. The molecular weight excluding hydrogens is 307 g/mol. The Hall–Kier alpha value is -1.56. The Morgan fingerprint density at radius 2 is 1.74 bits per heavy atom. The van der Waals surface area contributed by atoms with E-state index in [1.807, 2.05) is 30.3 Å². The number of halogens is 3. The molecule has 1 N–H and O–H groups in total. The van der Waals surface area contributed by atoms with E-state index in [9.17, 15) is 23.1 Å². The Kier molecular flexibility index (Phi) is 5.04. The Morgan fingerprint density at radius 1 is 1.22 bits per heavy atom. The number of likely N-dealkylation sites (tertiary alicyclic amines) is 1. The summed E-state index contributed by atoms with van der Waals surface area (Å²) in [7, 11) is 0. The summed E-state index contributed by atoms with van der Waals surface area (Å²) in [5.74, 6) is -1.28. The fourth-order valence-corrected chi connectivity index (χ4v) is 3.05. The van der Waals surface area contributed by atoms with E-state index in [4.69, 9.17) is 0 Å². The molecule has 0 radical (unpaired) electrons. The molecule has 128 valence electrons. The van der Waals surface area contributed by atoms with E-state index >= 15 is 0 Å². The molecule has 1 heterocycles. The van der Waals surface area contributed by atoms with Crippen LogP contribution < -0.4 is 0 Å². The quantitative estimate of drug-likeness (QED) is 0.924. The molecule has 23 heavy (non-hydrogen) atoms. The predicted octanol–water partition coefficient (Wildman–Crippen LogP) is 3.34. The van der Waals surface area contributed by atoms with Crippen molar-refractivity contribution in [3.8, 4) is 0 Å². The number of alkyl halides is 3. The molecule has 0 unspecified atom stereocenters. The predicted molar refractivity (Wildman–Crippen MR) is 80.8 cm³/mol. The van der Waals surface area contributed by atoms with Crippen LogP contribution in [0.4, 0.5) is 13.2 Å². The lowest BCUT2D eigenvalue weighted by atomic mass is 9.81. The molecule has 3 nitrogen and oxygen atoms in total. The highest BCUT2D eigenvalue weighted by Gasteiger charge is 2.55. The highest BCUT2D eigenvalue weighted by atomic mass is 19.4. The molecular formula is C17H22F3NO2. The van der Waals surface area contributed by atoms with Gasteiger partial charge in [0.2, 0.25) is 5.91 Å². The molecule has 0 saturated carbocycles. The minimum absolute atomic E-state index is 0.0821. The van der Waals surface area contributed by atoms with Crippen molar-refractivity contribution in [1.29, 1.82) is 0 Å². The van der Waals surface area contributed by atoms with E-state index in [0.717, 1.165) is 12.5 Å². The smallest absolute Gasteiger partial charge is 0.380 e. The first-order valence-electron chi connectivity index (χ1n) is 7.77. The average Bonchev–Trinajstić information content (AvgIpc) is 2.53. The van der Waals surface area contributed by atoms with E-state index in [1.165, 1.54) is 0 Å². The summed E-state index contributed by atoms with van der Waals surface area (Å²) in [5.41, 5.74) is -1.81. The van der Waals surface area contributed by atoms with Gasteiger partial charge in [-0.3, -0.25) is 4.79 Å². The highest BCUT2D eigenvalue weighted by Crippen LogP contribution is 2.40. The van der Waals surface area contributed by atoms with E-state index < -0.39 is 17.7 Å². The molecule has 1 saturated heterocycles. The number of hydrogen-bond donors (Lipinski definition) is 1. The Bertz CT molecular complexity index is 535. The molecule has 1 aliphatic rings. The van der Waals surface area contributed by atoms with Crippen molar-refractivity contribution < 1.29 is 23.1 Å². The maximum Gasteiger partial charge on any atom is 0.417 e. The SMILES string of the molecule is C[C@H](C(=O)N1CCC([C@](C)(O)C(F)(F)F)CC1)c1ccccc1. The number of amides is 1. The van der Waals surface area contributed by atoms with Gasteiger partial charge in [0.25, 0.3) is 0 Å². The van der Waals surface area contributed by atoms with Crippen LogP contribution in [0.2, 0.25) is 0 Å². The molecule has 1 aliphatic heterocycles. The number of carbonyl (C=O) groups excluding carboxylic acids is 1. The van der Waals surface area contributed by atoms with Crippen LogP contribution in [0.5, 0.6) is 0 Å². The fraction of sp³-hybridized carbons (Fsp3) is 0.588. The fourth-order valence-electron chi connectivity index (χ4n) is 3.05. The van der Waals surface area contributed by atoms with Crippen molar-refractivity contribution in [1.82, 2.24) is 4.90 Å². The third-order valence-corrected chi connectivity index (χ3v) is 4.85. The van der Waals surface area contributed by atoms with Crippen molar-refractivity contribution in [3.63, 3.8) is 0 Å². The minimum atomic E-state index is -4.65. The van der Waals surface area contributed by atoms with Crippen molar-refractivity contribution in [3.05, 3.63) is 35.9 Å². The zero-order chi connectivity index (χ0) is 17.3. The van der Waals surface area contributed by atoms with Crippen LogP contribution in [0.25, 0.3) is 0 Å². The molecule has 1 fully saturated rings. The first-order valence-corrected chi connectivity index (χ1v) is 7.77. The summed E-state index contributed by atoms with van der Waals surface area (Å²) in [6.07, 6.45) is -4.35. The van der Waals surface area contributed by atoms with Gasteiger partial charge >= 0.3 is 6.18 Å². The zero-order valence-electron chi connectivity index (χ0n) is 13.3. The van der Waals surface area contributed by atoms with Crippen molar-refractivity contribution in [2.75, 3.05) is 13.1 Å². The lowest BCUT2D eigenvalue weighted by Crippen LogP contribution is -2.53. The number of rotatable bonds is 3. The first-order chi connectivity index (χ1) is 10.6. The topological polar surface area (TPSA) is 40.5 Å². The van der Waals surface area contributed by atoms with Gasteiger partial charge in [-0.25, -0.2) is 0 Å². The van der Waals surface area contributed by atoms with Gasteiger partial charge in [-0.05, 0) is 38.2 Å². The molecule has 2 rings (SSSR count). The van der Waals surface area contributed by atoms with Crippen molar-refractivity contribution in [2.45, 2.75) is 44.4 Å². The van der Waals surface area contributed by atoms with Gasteiger partial charge in [0.1, 0.15) is 0 Å². The molecule has 0 bridgehead atoms. The lowest BCUT2D eigenvalue weighted by Gasteiger charge is -2.40. The van der Waals surface area contributed by atoms with Crippen LogP contribution in [0, 0.1) is 5.92 Å². The summed E-state index contributed by atoms with van der Waals surface area (Å²) < 4.78 is 38.7. The Labute approximate surface area is 134 Å². The minimum Gasteiger partial charge on any atom is -0.380 e. The Morgan fingerprint density at radius 3 is 2.22 bits per heavy atom. The van der Waals surface area contributed by atoms with Gasteiger partial charge < -0.3 is 10.0 Å². The summed E-state index contributed by atoms with van der Waals surface area (Å²) in [5, 5.41) is 9.76. The maximum absolute atomic E-state index is 12.9. The van der Waals surface area contributed by atoms with Crippen LogP contribution in [0.15, 0.2) is 30.3 Å². The third kappa shape index (κ3) is 3.68. The molecule has 0 aromatic heterocycles. The van der Waals surface area contributed by atoms with Gasteiger partial charge in [0.15, 0.2) is 5.60 Å². The third-order valence-electron chi connectivity index (χ3n) is 4.85. The Balaban J connectivity index is 1.98. The van der Waals surface area contributed by atoms with Crippen LogP contribution in [0.1, 0.15) is 38.2 Å². The van der Waals surface area contributed by atoms with Crippen molar-refractivity contribution in [2.24, 2.45) is 5.92 Å². The molecule has 0 spiro atoms. The highest BCUT2D eigenvalue weighted by molar-refractivity contribution is 5.83. The molecule has 0 aliphatic carbocycles. The number of benzene rings is 1. The van der Waals surface area contributed by atoms with E-state index in [2.05, 4.69) is 0 Å². The molecule has 1 aromatic carbocycles. The monoisotopic (exact) mass is 329 g/mol. The van der Waals surface area contributed by atoms with Crippen LogP contribution in [-0.4, -0.2) is 40.8 Å². The first kappa shape index (κ1) is 17.8. The second kappa shape index (κ2) is 6.51. The number of aliphatic hydroxyl groups is 1. The average molecular weight is 329 g/mol. The molecule has 1 amide bonds. The molecule has 2 atom stereocenters. The lowest BCUT2D eigenvalue weighted by molar-refractivity contribution is -0.275. The summed E-state index contributed by atoms with van der Waals surface area (Å²) in [6, 6.07) is 9.30. The number of nitrogens with zero attached hydrogens (tertiary/aromatic N) is 1. The molecule has 1 aromatic rings. The van der Waals surface area contributed by atoms with Crippen LogP contribution >= 0.6 is 0 Å². The van der Waals surface area contributed by atoms with Crippen LogP contribution in [-0.2, 0) is 4.79 Å². The largest absolute Gasteiger partial charge is 0.417 e. The number of carbonyl (C=O) groups is 1. The maximum atomic E-state index is 12.9. The standard InChI is InChI=1S/C17H22F3NO2/c1-12(13-6-4-3-5-7-13)15(22)21-10-8-14(9-11-21)16(2,23)17(18,19)20/h3-7,12,14,23H,8-11H2,1-2H3/t12-,16-/m0/s1. The second-order valence-corrected chi connectivity index (χ2v) is 6.38. The zero-order valence-corrected chi connectivity index (χ0v) is 13.3. The van der Waals surface area contributed by atoms with Crippen molar-refractivity contribution >= 4 is 5.91 Å². The van der Waals surface area contributed by atoms with Gasteiger partial charge in [0.05, 0.1) is 5.92 Å². The van der Waals surface area contributed by atoms with Crippen LogP contribution in [0.3, 0.4) is 0 Å². The number of hydrogen-bond acceptors (Lipinski definition) is 2. The van der Waals surface area contributed by atoms with E-state index in [0.29, 0.717) is 0 Å². The second-order valence-electron chi connectivity index (χ2n) is 6.38. The van der Waals surface area contributed by atoms with E-state index in [-0.39, 0.29) is 37.8 Å². The van der Waals surface area contributed by atoms with Gasteiger partial charge in [0, 0.05) is 13.1 Å². The summed E-state index contributed by atoms with van der Waals surface area (Å²) in [6.45, 7) is 3.11. The van der Waals surface area contributed by atoms with Gasteiger partial charge in [-0.15, -0.1) is 0 Å². The number of piperidine rings is 1. The van der Waals surface area contributed by atoms with Gasteiger partial charge in [-0.1, -0.05) is 30.3 Å². The summed E-state index contributed by atoms with van der Waals surface area (Å²) in [4.78, 5) is 14.1. The van der Waals surface area contributed by atoms with Gasteiger partial charge in [-0.2, -0.15) is 13.2 Å². The normalized spacial score (nSPS) is 20.9. The summed E-state index contributed by atoms with van der Waals surface area (Å²) >= 11 is 0. The van der Waals surface area contributed by atoms with E-state index in [1.54, 1.807) is 11.8 Å².